The van der Waals surface area contributed by atoms with Gasteiger partial charge in [-0.1, -0.05) is 6.42 Å². The quantitative estimate of drug-likeness (QED) is 0.674. The molecule has 1 heterocycles. The summed E-state index contributed by atoms with van der Waals surface area (Å²) >= 11 is 0. The van der Waals surface area contributed by atoms with Crippen LogP contribution in [0.15, 0.2) is 18.3 Å². The van der Waals surface area contributed by atoms with Crippen molar-refractivity contribution in [2.75, 3.05) is 13.2 Å². The molecule has 2 N–H and O–H groups in total. The van der Waals surface area contributed by atoms with Crippen LogP contribution in [0.5, 0.6) is 5.88 Å². The van der Waals surface area contributed by atoms with E-state index in [1.165, 1.54) is 0 Å². The number of rotatable bonds is 9. The summed E-state index contributed by atoms with van der Waals surface area (Å²) in [6.07, 6.45) is 3.90. The van der Waals surface area contributed by atoms with Crippen LogP contribution in [0.25, 0.3) is 0 Å². The number of carboxylic acids is 1. The Morgan fingerprint density at radius 1 is 1.35 bits per heavy atom. The van der Waals surface area contributed by atoms with Crippen molar-refractivity contribution in [3.05, 3.63) is 23.9 Å². The number of pyridine rings is 1. The van der Waals surface area contributed by atoms with Crippen LogP contribution in [0.1, 0.15) is 43.0 Å². The van der Waals surface area contributed by atoms with Crippen LogP contribution in [0.3, 0.4) is 0 Å². The molecule has 0 unspecified atom stereocenters. The number of carbonyl (C=O) groups excluding carboxylic acids is 1. The Morgan fingerprint density at radius 3 is 2.85 bits per heavy atom. The molecular weight excluding hydrogens is 260 g/mol. The lowest BCUT2D eigenvalue weighted by Gasteiger charge is -2.09. The molecule has 0 radical (unpaired) electrons. The first kappa shape index (κ1) is 15.9. The van der Waals surface area contributed by atoms with Crippen LogP contribution >= 0.6 is 0 Å². The lowest BCUT2D eigenvalue weighted by molar-refractivity contribution is -0.137. The predicted molar refractivity (Wildman–Crippen MR) is 73.8 cm³/mol. The van der Waals surface area contributed by atoms with E-state index in [9.17, 15) is 9.59 Å². The normalized spacial score (nSPS) is 10.1. The second-order valence-corrected chi connectivity index (χ2v) is 4.25. The third-order valence-corrected chi connectivity index (χ3v) is 2.65. The number of aromatic nitrogens is 1. The molecule has 1 rings (SSSR count). The van der Waals surface area contributed by atoms with Crippen molar-refractivity contribution in [2.24, 2.45) is 0 Å². The van der Waals surface area contributed by atoms with E-state index in [2.05, 4.69) is 10.3 Å². The average Bonchev–Trinajstić information content (AvgIpc) is 2.43. The molecule has 0 aliphatic heterocycles. The van der Waals surface area contributed by atoms with Gasteiger partial charge < -0.3 is 15.2 Å². The number of ether oxygens (including phenoxy) is 1. The van der Waals surface area contributed by atoms with Crippen molar-refractivity contribution < 1.29 is 19.4 Å². The van der Waals surface area contributed by atoms with Gasteiger partial charge in [0, 0.05) is 19.2 Å². The number of aliphatic carboxylic acids is 1. The van der Waals surface area contributed by atoms with Gasteiger partial charge in [0.25, 0.3) is 5.91 Å². The Kier molecular flexibility index (Phi) is 7.10. The number of hydrogen-bond acceptors (Lipinski definition) is 4. The Hall–Kier alpha value is -2.11. The van der Waals surface area contributed by atoms with Gasteiger partial charge in [0.1, 0.15) is 5.56 Å². The van der Waals surface area contributed by atoms with Crippen molar-refractivity contribution in [3.63, 3.8) is 0 Å². The van der Waals surface area contributed by atoms with E-state index < -0.39 is 5.97 Å². The number of carbonyl (C=O) groups is 2. The summed E-state index contributed by atoms with van der Waals surface area (Å²) in [4.78, 5) is 26.3. The average molecular weight is 280 g/mol. The minimum Gasteiger partial charge on any atom is -0.481 e. The SMILES string of the molecule is CCOc1ncccc1C(=O)NCCCCCC(=O)O. The highest BCUT2D eigenvalue weighted by Gasteiger charge is 2.12. The van der Waals surface area contributed by atoms with Gasteiger partial charge in [-0.3, -0.25) is 9.59 Å². The third kappa shape index (κ3) is 5.69. The summed E-state index contributed by atoms with van der Waals surface area (Å²) in [6.45, 7) is 2.80. The standard InChI is InChI=1S/C14H20N2O4/c1-2-20-14-11(7-6-10-16-14)13(19)15-9-5-3-4-8-12(17)18/h6-7,10H,2-5,8-9H2,1H3,(H,15,19)(H,17,18). The molecule has 1 aromatic heterocycles. The maximum Gasteiger partial charge on any atom is 0.303 e. The molecule has 0 atom stereocenters. The van der Waals surface area contributed by atoms with Crippen molar-refractivity contribution >= 4 is 11.9 Å². The maximum absolute atomic E-state index is 12.0. The van der Waals surface area contributed by atoms with Crippen LogP contribution in [-0.4, -0.2) is 35.1 Å². The van der Waals surface area contributed by atoms with Gasteiger partial charge in [-0.2, -0.15) is 0 Å². The van der Waals surface area contributed by atoms with E-state index in [-0.39, 0.29) is 12.3 Å². The largest absolute Gasteiger partial charge is 0.481 e. The molecule has 6 nitrogen and oxygen atoms in total. The lowest BCUT2D eigenvalue weighted by atomic mass is 10.2. The number of unbranched alkanes of at least 4 members (excludes halogenated alkanes) is 2. The third-order valence-electron chi connectivity index (χ3n) is 2.65. The molecule has 0 fully saturated rings. The summed E-state index contributed by atoms with van der Waals surface area (Å²) in [7, 11) is 0. The number of carboxylic acid groups (broad SMARTS) is 1. The van der Waals surface area contributed by atoms with Crippen molar-refractivity contribution in [2.45, 2.75) is 32.6 Å². The zero-order valence-corrected chi connectivity index (χ0v) is 11.6. The second kappa shape index (κ2) is 8.90. The Labute approximate surface area is 118 Å². The summed E-state index contributed by atoms with van der Waals surface area (Å²) < 4.78 is 5.29. The number of amides is 1. The zero-order chi connectivity index (χ0) is 14.8. The first-order chi connectivity index (χ1) is 9.65. The van der Waals surface area contributed by atoms with Crippen LogP contribution in [-0.2, 0) is 4.79 Å². The van der Waals surface area contributed by atoms with E-state index in [1.54, 1.807) is 18.3 Å². The molecule has 0 saturated carbocycles. The molecule has 0 aliphatic rings. The number of hydrogen-bond donors (Lipinski definition) is 2. The maximum atomic E-state index is 12.0. The molecule has 0 aliphatic carbocycles. The molecule has 110 valence electrons. The molecule has 1 amide bonds. The van der Waals surface area contributed by atoms with Gasteiger partial charge in [0.15, 0.2) is 0 Å². The second-order valence-electron chi connectivity index (χ2n) is 4.25. The van der Waals surface area contributed by atoms with Gasteiger partial charge in [-0.25, -0.2) is 4.98 Å². The van der Waals surface area contributed by atoms with Gasteiger partial charge in [0.05, 0.1) is 6.61 Å². The highest BCUT2D eigenvalue weighted by atomic mass is 16.5. The number of nitrogens with zero attached hydrogens (tertiary/aromatic N) is 1. The fraction of sp³-hybridized carbons (Fsp3) is 0.500. The monoisotopic (exact) mass is 280 g/mol. The molecule has 0 saturated heterocycles. The van der Waals surface area contributed by atoms with Crippen LogP contribution in [0.4, 0.5) is 0 Å². The van der Waals surface area contributed by atoms with Gasteiger partial charge in [-0.15, -0.1) is 0 Å². The highest BCUT2D eigenvalue weighted by Crippen LogP contribution is 2.13. The number of nitrogens with one attached hydrogen (secondary N) is 1. The van der Waals surface area contributed by atoms with Crippen molar-refractivity contribution in [3.8, 4) is 5.88 Å². The predicted octanol–water partition coefficient (Wildman–Crippen LogP) is 1.86. The van der Waals surface area contributed by atoms with E-state index in [0.717, 1.165) is 12.8 Å². The van der Waals surface area contributed by atoms with E-state index in [0.29, 0.717) is 31.0 Å². The van der Waals surface area contributed by atoms with E-state index in [4.69, 9.17) is 9.84 Å². The molecular formula is C14H20N2O4. The Bertz CT molecular complexity index is 449. The van der Waals surface area contributed by atoms with Gasteiger partial charge in [0.2, 0.25) is 5.88 Å². The summed E-state index contributed by atoms with van der Waals surface area (Å²) in [5, 5.41) is 11.3. The van der Waals surface area contributed by atoms with E-state index in [1.807, 2.05) is 6.92 Å². The fourth-order valence-electron chi connectivity index (χ4n) is 1.69. The first-order valence-electron chi connectivity index (χ1n) is 6.73. The molecule has 0 aromatic carbocycles. The Balaban J connectivity index is 2.34. The first-order valence-corrected chi connectivity index (χ1v) is 6.73. The van der Waals surface area contributed by atoms with Crippen molar-refractivity contribution in [1.29, 1.82) is 0 Å². The van der Waals surface area contributed by atoms with Crippen LogP contribution < -0.4 is 10.1 Å². The zero-order valence-electron chi connectivity index (χ0n) is 11.6. The summed E-state index contributed by atoms with van der Waals surface area (Å²) in [5.41, 5.74) is 0.417. The van der Waals surface area contributed by atoms with Gasteiger partial charge in [-0.05, 0) is 31.9 Å². The summed E-state index contributed by atoms with van der Waals surface area (Å²) in [6, 6.07) is 3.35. The van der Waals surface area contributed by atoms with Gasteiger partial charge >= 0.3 is 5.97 Å². The molecule has 1 aromatic rings. The topological polar surface area (TPSA) is 88.5 Å². The molecule has 20 heavy (non-hydrogen) atoms. The fourth-order valence-corrected chi connectivity index (χ4v) is 1.69. The summed E-state index contributed by atoms with van der Waals surface area (Å²) in [5.74, 6) is -0.677. The minimum atomic E-state index is -0.786. The molecule has 0 spiro atoms. The smallest absolute Gasteiger partial charge is 0.303 e. The lowest BCUT2D eigenvalue weighted by Crippen LogP contribution is -2.25. The highest BCUT2D eigenvalue weighted by molar-refractivity contribution is 5.96. The van der Waals surface area contributed by atoms with E-state index >= 15 is 0 Å². The van der Waals surface area contributed by atoms with Crippen LogP contribution in [0.2, 0.25) is 0 Å². The minimum absolute atomic E-state index is 0.172. The van der Waals surface area contributed by atoms with Crippen molar-refractivity contribution in [1.82, 2.24) is 10.3 Å². The Morgan fingerprint density at radius 2 is 2.15 bits per heavy atom. The molecule has 0 bridgehead atoms. The van der Waals surface area contributed by atoms with Crippen LogP contribution in [0, 0.1) is 0 Å². The molecule has 6 heteroatoms.